The van der Waals surface area contributed by atoms with Gasteiger partial charge in [-0.25, -0.2) is 8.42 Å². The molecule has 2 aliphatic rings. The number of benzene rings is 1. The molecule has 0 spiro atoms. The summed E-state index contributed by atoms with van der Waals surface area (Å²) < 4.78 is 29.6. The molecular weight excluding hydrogens is 350 g/mol. The van der Waals surface area contributed by atoms with Gasteiger partial charge in [0.25, 0.3) is 0 Å². The molecule has 1 fully saturated rings. The van der Waals surface area contributed by atoms with Crippen LogP contribution in [0.5, 0.6) is 0 Å². The van der Waals surface area contributed by atoms with Crippen molar-refractivity contribution in [1.29, 1.82) is 0 Å². The molecule has 1 N–H and O–H groups in total. The van der Waals surface area contributed by atoms with Crippen LogP contribution in [0.4, 0.5) is 0 Å². The maximum absolute atomic E-state index is 13.2. The summed E-state index contributed by atoms with van der Waals surface area (Å²) in [4.78, 5) is 0.377. The first kappa shape index (κ1) is 17.7. The van der Waals surface area contributed by atoms with Crippen molar-refractivity contribution in [3.8, 4) is 0 Å². The zero-order chi connectivity index (χ0) is 18.3. The molecule has 1 aromatic carbocycles. The van der Waals surface area contributed by atoms with E-state index < -0.39 is 10.0 Å². The minimum absolute atomic E-state index is 0.0268. The fourth-order valence-electron chi connectivity index (χ4n) is 4.24. The Labute approximate surface area is 154 Å². The van der Waals surface area contributed by atoms with Gasteiger partial charge in [0, 0.05) is 44.8 Å². The molecule has 0 saturated carbocycles. The molecule has 2 aromatic rings. The van der Waals surface area contributed by atoms with Crippen LogP contribution in [0.25, 0.3) is 0 Å². The van der Waals surface area contributed by atoms with Gasteiger partial charge in [-0.3, -0.25) is 4.68 Å². The number of nitrogens with zero attached hydrogens (tertiary/aromatic N) is 3. The van der Waals surface area contributed by atoms with Crippen molar-refractivity contribution in [2.45, 2.75) is 36.5 Å². The summed E-state index contributed by atoms with van der Waals surface area (Å²) in [6.07, 6.45) is 7.96. The Kier molecular flexibility index (Phi) is 4.62. The Hall–Kier alpha value is -1.70. The highest BCUT2D eigenvalue weighted by atomic mass is 32.2. The number of rotatable bonds is 4. The average Bonchev–Trinajstić information content (AvgIpc) is 3.27. The second-order valence-electron chi connectivity index (χ2n) is 7.46. The van der Waals surface area contributed by atoms with Crippen LogP contribution in [0.3, 0.4) is 0 Å². The van der Waals surface area contributed by atoms with E-state index >= 15 is 0 Å². The van der Waals surface area contributed by atoms with E-state index in [9.17, 15) is 13.5 Å². The van der Waals surface area contributed by atoms with Gasteiger partial charge in [0.05, 0.1) is 11.1 Å². The van der Waals surface area contributed by atoms with Crippen LogP contribution in [0.15, 0.2) is 35.5 Å². The fourth-order valence-corrected chi connectivity index (χ4v) is 5.82. The SMILES string of the molecule is Cn1cc([C@@H]2CN(S(=O)(=O)c3ccc4c(c3)CCCC4)C[C@H]2CO)cn1. The number of hydrogen-bond acceptors (Lipinski definition) is 4. The lowest BCUT2D eigenvalue weighted by molar-refractivity contribution is 0.223. The summed E-state index contributed by atoms with van der Waals surface area (Å²) in [6.45, 7) is 0.696. The van der Waals surface area contributed by atoms with Gasteiger partial charge in [-0.1, -0.05) is 6.07 Å². The third kappa shape index (κ3) is 3.08. The molecule has 1 aromatic heterocycles. The molecular formula is C19H25N3O3S. The van der Waals surface area contributed by atoms with Crippen molar-refractivity contribution in [3.05, 3.63) is 47.3 Å². The van der Waals surface area contributed by atoms with Gasteiger partial charge in [0.15, 0.2) is 0 Å². The summed E-state index contributed by atoms with van der Waals surface area (Å²) in [5, 5.41) is 14.0. The monoisotopic (exact) mass is 375 g/mol. The molecule has 6 nitrogen and oxygen atoms in total. The smallest absolute Gasteiger partial charge is 0.243 e. The summed E-state index contributed by atoms with van der Waals surface area (Å²) >= 11 is 0. The molecule has 1 saturated heterocycles. The molecule has 2 atom stereocenters. The Balaban J connectivity index is 1.62. The van der Waals surface area contributed by atoms with E-state index in [0.29, 0.717) is 18.0 Å². The van der Waals surface area contributed by atoms with E-state index in [1.807, 2.05) is 25.4 Å². The van der Waals surface area contributed by atoms with Gasteiger partial charge in [0.1, 0.15) is 0 Å². The van der Waals surface area contributed by atoms with Crippen molar-refractivity contribution in [2.24, 2.45) is 13.0 Å². The topological polar surface area (TPSA) is 75.4 Å². The van der Waals surface area contributed by atoms with Crippen LogP contribution in [-0.2, 0) is 29.9 Å². The maximum atomic E-state index is 13.2. The summed E-state index contributed by atoms with van der Waals surface area (Å²) in [6, 6.07) is 5.57. The third-order valence-electron chi connectivity index (χ3n) is 5.75. The minimum atomic E-state index is -3.55. The van der Waals surface area contributed by atoms with Gasteiger partial charge < -0.3 is 5.11 Å². The van der Waals surface area contributed by atoms with E-state index in [4.69, 9.17) is 0 Å². The van der Waals surface area contributed by atoms with Crippen LogP contribution in [0.1, 0.15) is 35.4 Å². The Morgan fingerprint density at radius 3 is 2.65 bits per heavy atom. The molecule has 1 aliphatic heterocycles. The van der Waals surface area contributed by atoms with Crippen molar-refractivity contribution >= 4 is 10.0 Å². The predicted octanol–water partition coefficient (Wildman–Crippen LogP) is 1.70. The van der Waals surface area contributed by atoms with E-state index in [-0.39, 0.29) is 18.4 Å². The standard InChI is InChI=1S/C19H25N3O3S/c1-21-10-16(9-20-21)19-12-22(11-17(19)13-23)26(24,25)18-7-6-14-4-2-3-5-15(14)8-18/h6-10,17,19,23H,2-5,11-13H2,1H3/t17-,19-/m0/s1. The zero-order valence-corrected chi connectivity index (χ0v) is 15.8. The van der Waals surface area contributed by atoms with E-state index in [1.54, 1.807) is 16.9 Å². The highest BCUT2D eigenvalue weighted by molar-refractivity contribution is 7.89. The molecule has 0 unspecified atom stereocenters. The first-order valence-corrected chi connectivity index (χ1v) is 10.6. The van der Waals surface area contributed by atoms with E-state index in [2.05, 4.69) is 5.10 Å². The molecule has 7 heteroatoms. The number of aryl methyl sites for hydroxylation is 3. The average molecular weight is 375 g/mol. The summed E-state index contributed by atoms with van der Waals surface area (Å²) in [5.41, 5.74) is 3.42. The molecule has 140 valence electrons. The lowest BCUT2D eigenvalue weighted by atomic mass is 9.92. The lowest BCUT2D eigenvalue weighted by Crippen LogP contribution is -2.29. The Morgan fingerprint density at radius 2 is 1.96 bits per heavy atom. The molecule has 2 heterocycles. The molecule has 4 rings (SSSR count). The van der Waals surface area contributed by atoms with Crippen LogP contribution >= 0.6 is 0 Å². The van der Waals surface area contributed by atoms with Crippen molar-refractivity contribution in [1.82, 2.24) is 14.1 Å². The molecule has 0 bridgehead atoms. The Bertz CT molecular complexity index is 907. The van der Waals surface area contributed by atoms with E-state index in [1.165, 1.54) is 21.9 Å². The maximum Gasteiger partial charge on any atom is 0.243 e. The lowest BCUT2D eigenvalue weighted by Gasteiger charge is -2.20. The molecule has 26 heavy (non-hydrogen) atoms. The van der Waals surface area contributed by atoms with Crippen LogP contribution in [0.2, 0.25) is 0 Å². The molecule has 0 radical (unpaired) electrons. The molecule has 1 aliphatic carbocycles. The first-order chi connectivity index (χ1) is 12.5. The number of fused-ring (bicyclic) bond motifs is 1. The highest BCUT2D eigenvalue weighted by Crippen LogP contribution is 2.36. The quantitative estimate of drug-likeness (QED) is 0.882. The van der Waals surface area contributed by atoms with Crippen LogP contribution in [-0.4, -0.2) is 47.3 Å². The predicted molar refractivity (Wildman–Crippen MR) is 98.4 cm³/mol. The van der Waals surface area contributed by atoms with Crippen LogP contribution < -0.4 is 0 Å². The number of aliphatic hydroxyl groups excluding tert-OH is 1. The second-order valence-corrected chi connectivity index (χ2v) is 9.39. The fraction of sp³-hybridized carbons (Fsp3) is 0.526. The minimum Gasteiger partial charge on any atom is -0.396 e. The first-order valence-electron chi connectivity index (χ1n) is 9.20. The largest absolute Gasteiger partial charge is 0.396 e. The molecule has 0 amide bonds. The van der Waals surface area contributed by atoms with Crippen molar-refractivity contribution in [2.75, 3.05) is 19.7 Å². The van der Waals surface area contributed by atoms with Crippen molar-refractivity contribution in [3.63, 3.8) is 0 Å². The van der Waals surface area contributed by atoms with Crippen LogP contribution in [0, 0.1) is 5.92 Å². The number of aliphatic hydroxyl groups is 1. The Morgan fingerprint density at radius 1 is 1.19 bits per heavy atom. The van der Waals surface area contributed by atoms with Gasteiger partial charge in [-0.15, -0.1) is 0 Å². The van der Waals surface area contributed by atoms with Gasteiger partial charge in [-0.05, 0) is 54.5 Å². The summed E-state index contributed by atoms with van der Waals surface area (Å²) in [7, 11) is -1.71. The summed E-state index contributed by atoms with van der Waals surface area (Å²) in [5.74, 6) is -0.132. The van der Waals surface area contributed by atoms with Crippen molar-refractivity contribution < 1.29 is 13.5 Å². The normalized spacial score (nSPS) is 23.9. The van der Waals surface area contributed by atoms with Gasteiger partial charge >= 0.3 is 0 Å². The number of sulfonamides is 1. The highest BCUT2D eigenvalue weighted by Gasteiger charge is 2.40. The number of aromatic nitrogens is 2. The zero-order valence-electron chi connectivity index (χ0n) is 15.0. The van der Waals surface area contributed by atoms with Gasteiger partial charge in [0.2, 0.25) is 10.0 Å². The number of hydrogen-bond donors (Lipinski definition) is 1. The third-order valence-corrected chi connectivity index (χ3v) is 7.58. The van der Waals surface area contributed by atoms with E-state index in [0.717, 1.165) is 24.8 Å². The van der Waals surface area contributed by atoms with Gasteiger partial charge in [-0.2, -0.15) is 9.40 Å². The second kappa shape index (κ2) is 6.79.